The number of rotatable bonds is 5. The van der Waals surface area contributed by atoms with Crippen LogP contribution in [0.15, 0.2) is 12.4 Å². The highest BCUT2D eigenvalue weighted by Gasteiger charge is 2.09. The van der Waals surface area contributed by atoms with Crippen LogP contribution in [0.1, 0.15) is 5.69 Å². The number of fused-ring (bicyclic) bond motifs is 1. The standard InChI is InChI=1S/C11H14ClN3OS/c1-8-5-9-10(12)13-6-14-11(9)15(8)7-16-3-4-17-2/h5-6H,3-4,7H2,1-2H3. The van der Waals surface area contributed by atoms with Crippen LogP contribution in [-0.2, 0) is 11.5 Å². The van der Waals surface area contributed by atoms with Crippen molar-refractivity contribution in [2.75, 3.05) is 18.6 Å². The summed E-state index contributed by atoms with van der Waals surface area (Å²) in [5.41, 5.74) is 1.90. The smallest absolute Gasteiger partial charge is 0.146 e. The van der Waals surface area contributed by atoms with E-state index in [9.17, 15) is 0 Å². The first-order valence-corrected chi connectivity index (χ1v) is 7.04. The minimum atomic E-state index is 0.487. The molecule has 2 rings (SSSR count). The average molecular weight is 272 g/mol. The van der Waals surface area contributed by atoms with E-state index in [4.69, 9.17) is 16.3 Å². The molecule has 92 valence electrons. The van der Waals surface area contributed by atoms with Gasteiger partial charge in [-0.25, -0.2) is 9.97 Å². The van der Waals surface area contributed by atoms with Crippen LogP contribution in [-0.4, -0.2) is 33.2 Å². The summed E-state index contributed by atoms with van der Waals surface area (Å²) in [6, 6.07) is 1.98. The first-order chi connectivity index (χ1) is 8.24. The maximum absolute atomic E-state index is 6.02. The second-order valence-electron chi connectivity index (χ2n) is 3.65. The van der Waals surface area contributed by atoms with Crippen LogP contribution in [0.5, 0.6) is 0 Å². The van der Waals surface area contributed by atoms with Gasteiger partial charge < -0.3 is 9.30 Å². The van der Waals surface area contributed by atoms with E-state index in [2.05, 4.69) is 16.2 Å². The lowest BCUT2D eigenvalue weighted by Crippen LogP contribution is -2.07. The lowest BCUT2D eigenvalue weighted by Gasteiger charge is -2.08. The molecule has 0 radical (unpaired) electrons. The van der Waals surface area contributed by atoms with E-state index >= 15 is 0 Å². The van der Waals surface area contributed by atoms with Gasteiger partial charge in [0, 0.05) is 11.4 Å². The summed E-state index contributed by atoms with van der Waals surface area (Å²) in [5.74, 6) is 0.994. The number of nitrogens with zero attached hydrogens (tertiary/aromatic N) is 3. The van der Waals surface area contributed by atoms with Crippen molar-refractivity contribution in [3.63, 3.8) is 0 Å². The quantitative estimate of drug-likeness (QED) is 0.619. The van der Waals surface area contributed by atoms with Gasteiger partial charge in [-0.15, -0.1) is 0 Å². The zero-order valence-electron chi connectivity index (χ0n) is 9.81. The number of ether oxygens (including phenoxy) is 1. The molecule has 17 heavy (non-hydrogen) atoms. The first-order valence-electron chi connectivity index (χ1n) is 5.27. The lowest BCUT2D eigenvalue weighted by molar-refractivity contribution is 0.0914. The van der Waals surface area contributed by atoms with Crippen molar-refractivity contribution in [1.29, 1.82) is 0 Å². The normalized spacial score (nSPS) is 11.2. The fourth-order valence-electron chi connectivity index (χ4n) is 1.62. The maximum Gasteiger partial charge on any atom is 0.146 e. The van der Waals surface area contributed by atoms with E-state index in [0.29, 0.717) is 11.9 Å². The van der Waals surface area contributed by atoms with Crippen molar-refractivity contribution in [3.8, 4) is 0 Å². The Bertz CT molecular complexity index is 515. The second-order valence-corrected chi connectivity index (χ2v) is 4.99. The number of aryl methyl sites for hydroxylation is 1. The highest BCUT2D eigenvalue weighted by molar-refractivity contribution is 7.98. The molecule has 0 amide bonds. The van der Waals surface area contributed by atoms with Crippen molar-refractivity contribution in [3.05, 3.63) is 23.2 Å². The van der Waals surface area contributed by atoms with Gasteiger partial charge in [0.2, 0.25) is 0 Å². The number of hydrogen-bond donors (Lipinski definition) is 0. The Hall–Kier alpha value is -0.780. The van der Waals surface area contributed by atoms with Crippen LogP contribution in [0.2, 0.25) is 5.15 Å². The minimum absolute atomic E-state index is 0.487. The third-order valence-corrected chi connectivity index (χ3v) is 3.38. The first kappa shape index (κ1) is 12.7. The molecule has 0 spiro atoms. The van der Waals surface area contributed by atoms with E-state index in [1.807, 2.05) is 17.6 Å². The van der Waals surface area contributed by atoms with Crippen molar-refractivity contribution in [2.45, 2.75) is 13.7 Å². The van der Waals surface area contributed by atoms with Crippen molar-refractivity contribution in [2.24, 2.45) is 0 Å². The molecule has 0 N–H and O–H groups in total. The maximum atomic E-state index is 6.02. The predicted molar refractivity (Wildman–Crippen MR) is 71.6 cm³/mol. The van der Waals surface area contributed by atoms with Gasteiger partial charge >= 0.3 is 0 Å². The van der Waals surface area contributed by atoms with Crippen molar-refractivity contribution < 1.29 is 4.74 Å². The highest BCUT2D eigenvalue weighted by Crippen LogP contribution is 2.22. The predicted octanol–water partition coefficient (Wildman–Crippen LogP) is 2.73. The topological polar surface area (TPSA) is 39.9 Å². The lowest BCUT2D eigenvalue weighted by atomic mass is 10.4. The highest BCUT2D eigenvalue weighted by atomic mass is 35.5. The molecule has 2 aromatic rings. The molecule has 2 aromatic heterocycles. The molecule has 0 aliphatic rings. The Kier molecular flexibility index (Phi) is 4.25. The molecular weight excluding hydrogens is 258 g/mol. The monoisotopic (exact) mass is 271 g/mol. The molecule has 0 bridgehead atoms. The zero-order chi connectivity index (χ0) is 12.3. The molecule has 0 aromatic carbocycles. The minimum Gasteiger partial charge on any atom is -0.360 e. The SMILES string of the molecule is CSCCOCn1c(C)cc2c(Cl)ncnc21. The molecule has 0 atom stereocenters. The van der Waals surface area contributed by atoms with Gasteiger partial charge in [0.05, 0.1) is 12.0 Å². The van der Waals surface area contributed by atoms with E-state index in [1.165, 1.54) is 6.33 Å². The van der Waals surface area contributed by atoms with Crippen LogP contribution in [0.3, 0.4) is 0 Å². The number of aromatic nitrogens is 3. The zero-order valence-corrected chi connectivity index (χ0v) is 11.4. The van der Waals surface area contributed by atoms with E-state index in [0.717, 1.165) is 29.1 Å². The molecular formula is C11H14ClN3OS. The van der Waals surface area contributed by atoms with Crippen LogP contribution >= 0.6 is 23.4 Å². The molecule has 0 fully saturated rings. The fraction of sp³-hybridized carbons (Fsp3) is 0.455. The summed E-state index contributed by atoms with van der Waals surface area (Å²) in [7, 11) is 0. The summed E-state index contributed by atoms with van der Waals surface area (Å²) < 4.78 is 7.59. The van der Waals surface area contributed by atoms with Gasteiger partial charge in [0.1, 0.15) is 23.9 Å². The van der Waals surface area contributed by atoms with Gasteiger partial charge in [-0.05, 0) is 19.2 Å². The van der Waals surface area contributed by atoms with E-state index < -0.39 is 0 Å². The summed E-state index contributed by atoms with van der Waals surface area (Å²) in [6.45, 7) is 3.25. The van der Waals surface area contributed by atoms with Crippen LogP contribution in [0, 0.1) is 6.92 Å². The van der Waals surface area contributed by atoms with E-state index in [1.54, 1.807) is 11.8 Å². The summed E-state index contributed by atoms with van der Waals surface area (Å²) >= 11 is 7.79. The van der Waals surface area contributed by atoms with Gasteiger partial charge in [0.15, 0.2) is 0 Å². The molecule has 4 nitrogen and oxygen atoms in total. The Morgan fingerprint density at radius 3 is 3.06 bits per heavy atom. The molecule has 0 aliphatic heterocycles. The van der Waals surface area contributed by atoms with Gasteiger partial charge in [-0.3, -0.25) is 0 Å². The van der Waals surface area contributed by atoms with E-state index in [-0.39, 0.29) is 0 Å². The molecule has 0 aliphatic carbocycles. The van der Waals surface area contributed by atoms with Gasteiger partial charge in [-0.2, -0.15) is 11.8 Å². The molecule has 0 saturated carbocycles. The Balaban J connectivity index is 2.21. The Labute approximate surface area is 109 Å². The Morgan fingerprint density at radius 2 is 2.29 bits per heavy atom. The molecule has 2 heterocycles. The fourth-order valence-corrected chi connectivity index (χ4v) is 2.09. The second kappa shape index (κ2) is 5.71. The Morgan fingerprint density at radius 1 is 1.47 bits per heavy atom. The summed E-state index contributed by atoms with van der Waals surface area (Å²) in [5, 5.41) is 1.36. The van der Waals surface area contributed by atoms with Crippen LogP contribution < -0.4 is 0 Å². The number of halogens is 1. The number of hydrogen-bond acceptors (Lipinski definition) is 4. The molecule has 6 heteroatoms. The van der Waals surface area contributed by atoms with Gasteiger partial charge in [0.25, 0.3) is 0 Å². The average Bonchev–Trinajstić information content (AvgIpc) is 2.63. The van der Waals surface area contributed by atoms with Gasteiger partial charge in [-0.1, -0.05) is 11.6 Å². The summed E-state index contributed by atoms with van der Waals surface area (Å²) in [4.78, 5) is 8.21. The molecule has 0 saturated heterocycles. The van der Waals surface area contributed by atoms with Crippen LogP contribution in [0.25, 0.3) is 11.0 Å². The van der Waals surface area contributed by atoms with Crippen LogP contribution in [0.4, 0.5) is 0 Å². The third-order valence-electron chi connectivity index (χ3n) is 2.50. The molecule has 0 unspecified atom stereocenters. The summed E-state index contributed by atoms with van der Waals surface area (Å²) in [6.07, 6.45) is 3.54. The third kappa shape index (κ3) is 2.73. The largest absolute Gasteiger partial charge is 0.360 e. The number of thioether (sulfide) groups is 1. The van der Waals surface area contributed by atoms with Crippen molar-refractivity contribution in [1.82, 2.24) is 14.5 Å². The van der Waals surface area contributed by atoms with Crippen molar-refractivity contribution >= 4 is 34.4 Å².